The fourth-order valence-corrected chi connectivity index (χ4v) is 2.30. The first kappa shape index (κ1) is 13.5. The van der Waals surface area contributed by atoms with E-state index in [4.69, 9.17) is 4.84 Å². The minimum atomic E-state index is -0.625. The minimum Gasteiger partial charge on any atom is -0.283 e. The maximum Gasteiger partial charge on any atom is 0.323 e. The van der Waals surface area contributed by atoms with Gasteiger partial charge in [-0.3, -0.25) is 14.4 Å². The highest BCUT2D eigenvalue weighted by atomic mass is 16.7. The molecule has 0 spiro atoms. The smallest absolute Gasteiger partial charge is 0.283 e. The summed E-state index contributed by atoms with van der Waals surface area (Å²) in [6.45, 7) is 2.38. The molecule has 106 valence electrons. The number of hydrogen-bond donors (Lipinski definition) is 0. The number of amides is 1. The van der Waals surface area contributed by atoms with Crippen LogP contribution in [0.25, 0.3) is 0 Å². The van der Waals surface area contributed by atoms with Crippen molar-refractivity contribution in [2.24, 2.45) is 0 Å². The average Bonchev–Trinajstić information content (AvgIpc) is 2.75. The van der Waals surface area contributed by atoms with Crippen LogP contribution in [0, 0.1) is 6.92 Å². The van der Waals surface area contributed by atoms with E-state index in [9.17, 15) is 9.59 Å². The third kappa shape index (κ3) is 2.58. The number of anilines is 1. The molecule has 4 heteroatoms. The molecule has 1 amide bonds. The number of Topliss-reactive ketones (excluding diaryl/α,β-unsaturated/α-hetero) is 1. The van der Waals surface area contributed by atoms with E-state index >= 15 is 0 Å². The second kappa shape index (κ2) is 5.50. The largest absolute Gasteiger partial charge is 0.323 e. The molecule has 0 atom stereocenters. The first-order chi connectivity index (χ1) is 10.2. The van der Waals surface area contributed by atoms with Crippen LogP contribution in [0.2, 0.25) is 0 Å². The van der Waals surface area contributed by atoms with Gasteiger partial charge in [0.1, 0.15) is 0 Å². The van der Waals surface area contributed by atoms with Gasteiger partial charge in [-0.1, -0.05) is 42.0 Å². The first-order valence-electron chi connectivity index (χ1n) is 6.83. The molecule has 0 N–H and O–H groups in total. The van der Waals surface area contributed by atoms with Gasteiger partial charge in [0.2, 0.25) is 0 Å². The van der Waals surface area contributed by atoms with E-state index in [0.717, 1.165) is 10.6 Å². The molecule has 0 fully saturated rings. The highest BCUT2D eigenvalue weighted by molar-refractivity contribution is 6.51. The van der Waals surface area contributed by atoms with Crippen molar-refractivity contribution in [1.82, 2.24) is 0 Å². The van der Waals surface area contributed by atoms with Crippen LogP contribution in [-0.2, 0) is 16.1 Å². The maximum absolute atomic E-state index is 11.9. The van der Waals surface area contributed by atoms with Crippen molar-refractivity contribution < 1.29 is 14.4 Å². The molecule has 0 bridgehead atoms. The van der Waals surface area contributed by atoms with Gasteiger partial charge in [0.15, 0.2) is 0 Å². The lowest BCUT2D eigenvalue weighted by molar-refractivity contribution is -0.121. The fraction of sp³-hybridized carbons (Fsp3) is 0.176. The number of nitrogens with zero attached hydrogens (tertiary/aromatic N) is 1. The molecular formula is C17H15NO3. The molecule has 2 aromatic rings. The first-order valence-corrected chi connectivity index (χ1v) is 6.83. The standard InChI is InChI=1S/C17H15NO3/c1-12-6-8-13(9-7-12)10-11-21-18-15-5-3-2-4-14(15)16(19)17(18)20/h2-9H,10-11H2,1H3. The van der Waals surface area contributed by atoms with Crippen LogP contribution in [0.15, 0.2) is 48.5 Å². The molecule has 0 aliphatic carbocycles. The lowest BCUT2D eigenvalue weighted by Crippen LogP contribution is -2.30. The predicted molar refractivity (Wildman–Crippen MR) is 79.1 cm³/mol. The molecular weight excluding hydrogens is 266 g/mol. The summed E-state index contributed by atoms with van der Waals surface area (Å²) >= 11 is 0. The quantitative estimate of drug-likeness (QED) is 0.809. The Kier molecular flexibility index (Phi) is 3.54. The van der Waals surface area contributed by atoms with Gasteiger partial charge in [-0.15, -0.1) is 0 Å². The molecule has 0 saturated heterocycles. The number of carbonyl (C=O) groups excluding carboxylic acids is 2. The minimum absolute atomic E-state index is 0.344. The van der Waals surface area contributed by atoms with E-state index in [-0.39, 0.29) is 0 Å². The molecule has 21 heavy (non-hydrogen) atoms. The highest BCUT2D eigenvalue weighted by Gasteiger charge is 2.36. The fourth-order valence-electron chi connectivity index (χ4n) is 2.30. The van der Waals surface area contributed by atoms with E-state index in [1.165, 1.54) is 5.56 Å². The van der Waals surface area contributed by atoms with E-state index in [2.05, 4.69) is 0 Å². The zero-order valence-corrected chi connectivity index (χ0v) is 11.7. The Morgan fingerprint density at radius 2 is 1.71 bits per heavy atom. The number of rotatable bonds is 4. The number of aryl methyl sites for hydroxylation is 1. The number of carbonyl (C=O) groups is 2. The summed E-state index contributed by atoms with van der Waals surface area (Å²) < 4.78 is 0. The molecule has 4 nitrogen and oxygen atoms in total. The molecule has 3 rings (SSSR count). The topological polar surface area (TPSA) is 46.6 Å². The Labute approximate surface area is 122 Å². The number of fused-ring (bicyclic) bond motifs is 1. The lowest BCUT2D eigenvalue weighted by atomic mass is 10.1. The van der Waals surface area contributed by atoms with Crippen LogP contribution in [-0.4, -0.2) is 18.3 Å². The van der Waals surface area contributed by atoms with Gasteiger partial charge in [-0.05, 0) is 31.0 Å². The normalized spacial score (nSPS) is 13.7. The number of hydroxylamine groups is 1. The Morgan fingerprint density at radius 1 is 1.00 bits per heavy atom. The van der Waals surface area contributed by atoms with Crippen molar-refractivity contribution in [3.8, 4) is 0 Å². The molecule has 2 aromatic carbocycles. The van der Waals surface area contributed by atoms with E-state index in [0.29, 0.717) is 24.3 Å². The summed E-state index contributed by atoms with van der Waals surface area (Å²) in [5.41, 5.74) is 3.26. The third-order valence-corrected chi connectivity index (χ3v) is 3.48. The summed E-state index contributed by atoms with van der Waals surface area (Å²) in [4.78, 5) is 29.2. The van der Waals surface area contributed by atoms with Crippen LogP contribution in [0.1, 0.15) is 21.5 Å². The second-order valence-corrected chi connectivity index (χ2v) is 5.01. The van der Waals surface area contributed by atoms with Gasteiger partial charge in [0.25, 0.3) is 5.78 Å². The third-order valence-electron chi connectivity index (χ3n) is 3.48. The number of ketones is 1. The Bertz CT molecular complexity index is 691. The monoisotopic (exact) mass is 281 g/mol. The predicted octanol–water partition coefficient (Wildman–Crippen LogP) is 2.70. The summed E-state index contributed by atoms with van der Waals surface area (Å²) in [7, 11) is 0. The maximum atomic E-state index is 11.9. The number of para-hydroxylation sites is 1. The number of benzene rings is 2. The van der Waals surface area contributed by atoms with Crippen LogP contribution in [0.4, 0.5) is 5.69 Å². The van der Waals surface area contributed by atoms with Gasteiger partial charge < -0.3 is 0 Å². The zero-order valence-electron chi connectivity index (χ0n) is 11.7. The summed E-state index contributed by atoms with van der Waals surface area (Å²) in [5, 5.41) is 1.10. The molecule has 0 aromatic heterocycles. The SMILES string of the molecule is Cc1ccc(CCON2C(=O)C(=O)c3ccccc32)cc1. The summed E-state index contributed by atoms with van der Waals surface area (Å²) in [6.07, 6.45) is 0.681. The van der Waals surface area contributed by atoms with Crippen LogP contribution in [0.3, 0.4) is 0 Å². The molecule has 0 unspecified atom stereocenters. The molecule has 0 saturated carbocycles. The van der Waals surface area contributed by atoms with Crippen molar-refractivity contribution in [2.75, 3.05) is 11.7 Å². The van der Waals surface area contributed by atoms with E-state index in [1.807, 2.05) is 31.2 Å². The van der Waals surface area contributed by atoms with Crippen molar-refractivity contribution >= 4 is 17.4 Å². The van der Waals surface area contributed by atoms with Crippen molar-refractivity contribution in [3.63, 3.8) is 0 Å². The van der Waals surface area contributed by atoms with Gasteiger partial charge in [0, 0.05) is 0 Å². The average molecular weight is 281 g/mol. The van der Waals surface area contributed by atoms with E-state index in [1.54, 1.807) is 24.3 Å². The lowest BCUT2D eigenvalue weighted by Gasteiger charge is -2.15. The van der Waals surface area contributed by atoms with E-state index < -0.39 is 11.7 Å². The van der Waals surface area contributed by atoms with Crippen molar-refractivity contribution in [2.45, 2.75) is 13.3 Å². The second-order valence-electron chi connectivity index (χ2n) is 5.01. The molecule has 1 heterocycles. The van der Waals surface area contributed by atoms with Gasteiger partial charge in [0.05, 0.1) is 17.9 Å². The van der Waals surface area contributed by atoms with Gasteiger partial charge >= 0.3 is 5.91 Å². The van der Waals surface area contributed by atoms with Crippen LogP contribution in [0.5, 0.6) is 0 Å². The van der Waals surface area contributed by atoms with Crippen molar-refractivity contribution in [3.05, 3.63) is 65.2 Å². The summed E-state index contributed by atoms with van der Waals surface area (Å²) in [5.74, 6) is -1.14. The van der Waals surface area contributed by atoms with Crippen LogP contribution >= 0.6 is 0 Å². The molecule has 1 aliphatic heterocycles. The van der Waals surface area contributed by atoms with Gasteiger partial charge in [-0.25, -0.2) is 0 Å². The van der Waals surface area contributed by atoms with Gasteiger partial charge in [-0.2, -0.15) is 5.06 Å². The zero-order chi connectivity index (χ0) is 14.8. The Morgan fingerprint density at radius 3 is 2.48 bits per heavy atom. The molecule has 0 radical (unpaired) electrons. The number of hydrogen-bond acceptors (Lipinski definition) is 3. The molecule has 1 aliphatic rings. The Balaban J connectivity index is 1.67. The van der Waals surface area contributed by atoms with Crippen LogP contribution < -0.4 is 5.06 Å². The van der Waals surface area contributed by atoms with Crippen molar-refractivity contribution in [1.29, 1.82) is 0 Å². The summed E-state index contributed by atoms with van der Waals surface area (Å²) in [6, 6.07) is 15.0. The highest BCUT2D eigenvalue weighted by Crippen LogP contribution is 2.28. The Hall–Kier alpha value is -2.46.